The topological polar surface area (TPSA) is 71.3 Å². The third-order valence-electron chi connectivity index (χ3n) is 3.81. The molecule has 0 saturated carbocycles. The summed E-state index contributed by atoms with van der Waals surface area (Å²) in [5.41, 5.74) is 0.981. The molecule has 0 aromatic carbocycles. The molecule has 2 aliphatic heterocycles. The second kappa shape index (κ2) is 4.53. The molecule has 0 spiro atoms. The van der Waals surface area contributed by atoms with E-state index in [1.165, 1.54) is 18.9 Å². The number of hydrogen-bond donors (Lipinski definition) is 1. The van der Waals surface area contributed by atoms with Crippen molar-refractivity contribution >= 4 is 11.5 Å². The van der Waals surface area contributed by atoms with E-state index in [0.29, 0.717) is 12.1 Å². The van der Waals surface area contributed by atoms with Crippen LogP contribution in [0.25, 0.3) is 0 Å². The second-order valence-corrected chi connectivity index (χ2v) is 5.00. The number of aromatic nitrogens is 1. The molecule has 18 heavy (non-hydrogen) atoms. The van der Waals surface area contributed by atoms with Crippen molar-refractivity contribution in [1.29, 1.82) is 0 Å². The van der Waals surface area contributed by atoms with E-state index >= 15 is 0 Å². The fourth-order valence-electron chi connectivity index (χ4n) is 2.85. The Morgan fingerprint density at radius 2 is 2.17 bits per heavy atom. The van der Waals surface area contributed by atoms with E-state index in [9.17, 15) is 10.1 Å². The van der Waals surface area contributed by atoms with Gasteiger partial charge in [0.15, 0.2) is 6.20 Å². The Labute approximate surface area is 105 Å². The Balaban J connectivity index is 1.75. The minimum Gasteiger partial charge on any atom is -0.367 e. The van der Waals surface area contributed by atoms with Crippen LogP contribution in [-0.4, -0.2) is 35.1 Å². The number of fused-ring (bicyclic) bond motifs is 2. The van der Waals surface area contributed by atoms with Crippen molar-refractivity contribution in [2.45, 2.75) is 31.3 Å². The van der Waals surface area contributed by atoms with Gasteiger partial charge in [0.05, 0.1) is 5.69 Å². The zero-order valence-electron chi connectivity index (χ0n) is 10.1. The summed E-state index contributed by atoms with van der Waals surface area (Å²) >= 11 is 0. The van der Waals surface area contributed by atoms with Crippen LogP contribution in [0.1, 0.15) is 19.3 Å². The molecule has 0 amide bonds. The van der Waals surface area contributed by atoms with Crippen LogP contribution >= 0.6 is 0 Å². The number of nitrogens with zero attached hydrogens (tertiary/aromatic N) is 3. The van der Waals surface area contributed by atoms with Crippen molar-refractivity contribution < 1.29 is 4.92 Å². The highest BCUT2D eigenvalue weighted by Gasteiger charge is 2.29. The van der Waals surface area contributed by atoms with Gasteiger partial charge >= 0.3 is 5.82 Å². The number of hydrogen-bond acceptors (Lipinski definition) is 5. The molecule has 3 rings (SSSR count). The quantitative estimate of drug-likeness (QED) is 0.631. The van der Waals surface area contributed by atoms with Crippen molar-refractivity contribution in [3.63, 3.8) is 0 Å². The molecule has 2 aliphatic rings. The summed E-state index contributed by atoms with van der Waals surface area (Å²) in [5, 5.41) is 14.2. The minimum atomic E-state index is -0.463. The summed E-state index contributed by atoms with van der Waals surface area (Å²) < 4.78 is 0. The van der Waals surface area contributed by atoms with Gasteiger partial charge in [-0.2, -0.15) is 0 Å². The molecule has 0 aliphatic carbocycles. The Morgan fingerprint density at radius 3 is 2.89 bits per heavy atom. The minimum absolute atomic E-state index is 0.0896. The van der Waals surface area contributed by atoms with Crippen molar-refractivity contribution in [1.82, 2.24) is 10.3 Å². The van der Waals surface area contributed by atoms with E-state index in [1.54, 1.807) is 12.3 Å². The molecular weight excluding hydrogens is 232 g/mol. The number of nitro groups is 1. The SMILES string of the molecule is O=[N+]([O-])c1ccc(N2CCC3CCC(C2)N3)cn1. The van der Waals surface area contributed by atoms with Crippen molar-refractivity contribution in [3.05, 3.63) is 28.4 Å². The van der Waals surface area contributed by atoms with Crippen LogP contribution in [0.4, 0.5) is 11.5 Å². The average molecular weight is 248 g/mol. The molecule has 2 atom stereocenters. The van der Waals surface area contributed by atoms with Crippen LogP contribution in [0, 0.1) is 10.1 Å². The van der Waals surface area contributed by atoms with Crippen LogP contribution in [0.3, 0.4) is 0 Å². The van der Waals surface area contributed by atoms with E-state index in [1.807, 2.05) is 0 Å². The van der Waals surface area contributed by atoms with Crippen LogP contribution in [-0.2, 0) is 0 Å². The van der Waals surface area contributed by atoms with Gasteiger partial charge in [-0.3, -0.25) is 0 Å². The van der Waals surface area contributed by atoms with Crippen LogP contribution < -0.4 is 10.2 Å². The van der Waals surface area contributed by atoms with Crippen LogP contribution in [0.15, 0.2) is 18.3 Å². The van der Waals surface area contributed by atoms with E-state index < -0.39 is 4.92 Å². The molecular formula is C12H16N4O2. The van der Waals surface area contributed by atoms with E-state index in [0.717, 1.165) is 25.2 Å². The first kappa shape index (κ1) is 11.4. The maximum Gasteiger partial charge on any atom is 0.363 e. The maximum atomic E-state index is 10.6. The molecule has 1 aromatic rings. The van der Waals surface area contributed by atoms with Crippen LogP contribution in [0.5, 0.6) is 0 Å². The monoisotopic (exact) mass is 248 g/mol. The third-order valence-corrected chi connectivity index (χ3v) is 3.81. The lowest BCUT2D eigenvalue weighted by atomic mass is 10.1. The van der Waals surface area contributed by atoms with Gasteiger partial charge in [-0.15, -0.1) is 0 Å². The first-order chi connectivity index (χ1) is 8.72. The largest absolute Gasteiger partial charge is 0.367 e. The molecule has 2 fully saturated rings. The first-order valence-electron chi connectivity index (χ1n) is 6.34. The van der Waals surface area contributed by atoms with Gasteiger partial charge in [-0.1, -0.05) is 0 Å². The Kier molecular flexibility index (Phi) is 2.87. The van der Waals surface area contributed by atoms with E-state index in [2.05, 4.69) is 15.2 Å². The van der Waals surface area contributed by atoms with Crippen molar-refractivity contribution in [2.75, 3.05) is 18.0 Å². The van der Waals surface area contributed by atoms with Crippen molar-refractivity contribution in [3.8, 4) is 0 Å². The lowest BCUT2D eigenvalue weighted by Crippen LogP contribution is -2.35. The van der Waals surface area contributed by atoms with Gasteiger partial charge in [-0.25, -0.2) is 0 Å². The molecule has 96 valence electrons. The van der Waals surface area contributed by atoms with Gasteiger partial charge in [0.25, 0.3) is 0 Å². The highest BCUT2D eigenvalue weighted by molar-refractivity contribution is 5.47. The lowest BCUT2D eigenvalue weighted by Gasteiger charge is -2.25. The standard InChI is InChI=1S/C12H16N4O2/c17-16(18)12-4-3-11(7-13-12)15-6-5-9-1-2-10(8-15)14-9/h3-4,7,9-10,14H,1-2,5-6,8H2. The highest BCUT2D eigenvalue weighted by Crippen LogP contribution is 2.24. The van der Waals surface area contributed by atoms with Gasteiger partial charge in [-0.05, 0) is 35.2 Å². The fraction of sp³-hybridized carbons (Fsp3) is 0.583. The molecule has 2 unspecified atom stereocenters. The number of anilines is 1. The second-order valence-electron chi connectivity index (χ2n) is 5.00. The highest BCUT2D eigenvalue weighted by atomic mass is 16.6. The maximum absolute atomic E-state index is 10.6. The molecule has 0 radical (unpaired) electrons. The first-order valence-corrected chi connectivity index (χ1v) is 6.34. The Hall–Kier alpha value is -1.69. The Morgan fingerprint density at radius 1 is 1.33 bits per heavy atom. The summed E-state index contributed by atoms with van der Waals surface area (Å²) in [4.78, 5) is 16.3. The number of rotatable bonds is 2. The van der Waals surface area contributed by atoms with Gasteiger partial charge in [0.1, 0.15) is 0 Å². The molecule has 2 saturated heterocycles. The molecule has 1 aromatic heterocycles. The normalized spacial score (nSPS) is 27.0. The molecule has 6 heteroatoms. The number of pyridine rings is 1. The summed E-state index contributed by atoms with van der Waals surface area (Å²) in [6, 6.07) is 4.47. The summed E-state index contributed by atoms with van der Waals surface area (Å²) in [6.07, 6.45) is 5.24. The molecule has 2 bridgehead atoms. The third kappa shape index (κ3) is 2.15. The van der Waals surface area contributed by atoms with E-state index in [4.69, 9.17) is 0 Å². The van der Waals surface area contributed by atoms with Crippen LogP contribution in [0.2, 0.25) is 0 Å². The summed E-state index contributed by atoms with van der Waals surface area (Å²) in [5.74, 6) is -0.0896. The molecule has 1 N–H and O–H groups in total. The van der Waals surface area contributed by atoms with Gasteiger partial charge in [0.2, 0.25) is 0 Å². The van der Waals surface area contributed by atoms with E-state index in [-0.39, 0.29) is 5.82 Å². The molecule has 3 heterocycles. The van der Waals surface area contributed by atoms with Gasteiger partial charge < -0.3 is 20.3 Å². The predicted octanol–water partition coefficient (Wildman–Crippen LogP) is 1.32. The number of nitrogens with one attached hydrogen (secondary N) is 1. The summed E-state index contributed by atoms with van der Waals surface area (Å²) in [6.45, 7) is 1.96. The van der Waals surface area contributed by atoms with Gasteiger partial charge in [0, 0.05) is 31.2 Å². The van der Waals surface area contributed by atoms with Crippen molar-refractivity contribution in [2.24, 2.45) is 0 Å². The Bertz CT molecular complexity index is 448. The molecule has 6 nitrogen and oxygen atoms in total. The smallest absolute Gasteiger partial charge is 0.363 e. The lowest BCUT2D eigenvalue weighted by molar-refractivity contribution is -0.389. The zero-order valence-corrected chi connectivity index (χ0v) is 10.1. The predicted molar refractivity (Wildman–Crippen MR) is 67.7 cm³/mol. The summed E-state index contributed by atoms with van der Waals surface area (Å²) in [7, 11) is 0. The average Bonchev–Trinajstić information content (AvgIpc) is 2.69. The fourth-order valence-corrected chi connectivity index (χ4v) is 2.85. The zero-order chi connectivity index (χ0) is 12.5.